The predicted octanol–water partition coefficient (Wildman–Crippen LogP) is 5.61. The molecule has 0 bridgehead atoms. The molecule has 32 heavy (non-hydrogen) atoms. The first kappa shape index (κ1) is 21.3. The lowest BCUT2D eigenvalue weighted by molar-refractivity contribution is 0.415. The van der Waals surface area contributed by atoms with Crippen LogP contribution in [0, 0.1) is 11.3 Å². The second kappa shape index (κ2) is 9.46. The number of ether oxygens (including phenoxy) is 1. The first-order valence-corrected chi connectivity index (χ1v) is 10.9. The van der Waals surface area contributed by atoms with Gasteiger partial charge in [-0.2, -0.15) is 10.4 Å². The maximum atomic E-state index is 9.00. The highest BCUT2D eigenvalue weighted by Gasteiger charge is 2.09. The summed E-state index contributed by atoms with van der Waals surface area (Å²) < 4.78 is 7.19. The van der Waals surface area contributed by atoms with E-state index in [1.54, 1.807) is 36.8 Å². The van der Waals surface area contributed by atoms with Crippen LogP contribution >= 0.6 is 11.3 Å². The van der Waals surface area contributed by atoms with E-state index in [0.29, 0.717) is 12.1 Å². The fraction of sp³-hybridized carbons (Fsp3) is 0.115. The molecule has 0 fully saturated rings. The number of fused-ring (bicyclic) bond motifs is 1. The summed E-state index contributed by atoms with van der Waals surface area (Å²) in [4.78, 5) is 5.48. The maximum Gasteiger partial charge on any atom is 0.206 e. The van der Waals surface area contributed by atoms with E-state index in [1.807, 2.05) is 35.9 Å². The minimum Gasteiger partial charge on any atom is -0.497 e. The Labute approximate surface area is 190 Å². The summed E-state index contributed by atoms with van der Waals surface area (Å²) in [6.07, 6.45) is 1.78. The van der Waals surface area contributed by atoms with Crippen molar-refractivity contribution < 1.29 is 4.74 Å². The Morgan fingerprint density at radius 1 is 1.12 bits per heavy atom. The van der Waals surface area contributed by atoms with Crippen molar-refractivity contribution in [1.82, 2.24) is 4.68 Å². The molecule has 0 unspecified atom stereocenters. The topological polar surface area (TPSA) is 62.7 Å². The van der Waals surface area contributed by atoms with E-state index in [4.69, 9.17) is 15.1 Å². The minimum absolute atomic E-state index is 0.545. The second-order valence-corrected chi connectivity index (χ2v) is 8.23. The third kappa shape index (κ3) is 4.69. The SMILES string of the molecule is C=C(C)CN=c1scc(-c2ccc3cc(OC)ccc3c2)n1N=Cc1ccc(C#N)cc1. The van der Waals surface area contributed by atoms with Crippen LogP contribution in [0.25, 0.3) is 22.0 Å². The van der Waals surface area contributed by atoms with Crippen molar-refractivity contribution in [3.05, 3.63) is 94.1 Å². The van der Waals surface area contributed by atoms with Crippen molar-refractivity contribution in [1.29, 1.82) is 5.26 Å². The Kier molecular flexibility index (Phi) is 6.29. The minimum atomic E-state index is 0.545. The number of nitriles is 1. The highest BCUT2D eigenvalue weighted by molar-refractivity contribution is 7.07. The second-order valence-electron chi connectivity index (χ2n) is 7.39. The van der Waals surface area contributed by atoms with Crippen molar-refractivity contribution in [3.63, 3.8) is 0 Å². The summed E-state index contributed by atoms with van der Waals surface area (Å²) >= 11 is 1.54. The molecule has 0 aliphatic rings. The van der Waals surface area contributed by atoms with E-state index in [1.165, 1.54) is 0 Å². The Balaban J connectivity index is 1.78. The summed E-state index contributed by atoms with van der Waals surface area (Å²) in [7, 11) is 1.67. The molecule has 0 spiro atoms. The molecule has 0 radical (unpaired) electrons. The van der Waals surface area contributed by atoms with Gasteiger partial charge >= 0.3 is 0 Å². The van der Waals surface area contributed by atoms with Crippen LogP contribution in [0.1, 0.15) is 18.1 Å². The van der Waals surface area contributed by atoms with Gasteiger partial charge in [-0.25, -0.2) is 4.68 Å². The molecule has 1 heterocycles. The maximum absolute atomic E-state index is 9.00. The number of benzene rings is 3. The van der Waals surface area contributed by atoms with E-state index >= 15 is 0 Å². The molecule has 0 amide bonds. The molecular weight excluding hydrogens is 416 g/mol. The fourth-order valence-corrected chi connectivity index (χ4v) is 4.04. The van der Waals surface area contributed by atoms with Gasteiger partial charge < -0.3 is 4.74 Å². The van der Waals surface area contributed by atoms with Gasteiger partial charge in [0.1, 0.15) is 5.75 Å². The number of rotatable bonds is 6. The van der Waals surface area contributed by atoms with Gasteiger partial charge in [-0.1, -0.05) is 42.5 Å². The molecule has 158 valence electrons. The normalized spacial score (nSPS) is 11.7. The molecular formula is C26H22N4OS. The smallest absolute Gasteiger partial charge is 0.206 e. The van der Waals surface area contributed by atoms with Gasteiger partial charge in [0.15, 0.2) is 0 Å². The molecule has 0 aliphatic heterocycles. The molecule has 6 heteroatoms. The standard InChI is InChI=1S/C26H22N4OS/c1-18(2)15-28-26-30(29-16-20-6-4-19(14-27)5-7-20)25(17-32-26)23-9-8-22-13-24(31-3)11-10-21(22)12-23/h4-13,16-17H,1,15H2,2-3H3. The largest absolute Gasteiger partial charge is 0.497 e. The predicted molar refractivity (Wildman–Crippen MR) is 131 cm³/mol. The zero-order chi connectivity index (χ0) is 22.5. The van der Waals surface area contributed by atoms with E-state index in [9.17, 15) is 0 Å². The highest BCUT2D eigenvalue weighted by Crippen LogP contribution is 2.27. The Bertz CT molecular complexity index is 1420. The van der Waals surface area contributed by atoms with Crippen molar-refractivity contribution >= 4 is 28.3 Å². The van der Waals surface area contributed by atoms with Crippen molar-refractivity contribution in [2.45, 2.75) is 6.92 Å². The third-order valence-electron chi connectivity index (χ3n) is 4.87. The van der Waals surface area contributed by atoms with Gasteiger partial charge in [-0.15, -0.1) is 11.3 Å². The Morgan fingerprint density at radius 3 is 2.59 bits per heavy atom. The van der Waals surface area contributed by atoms with Crippen molar-refractivity contribution in [3.8, 4) is 23.1 Å². The molecule has 0 saturated carbocycles. The van der Waals surface area contributed by atoms with E-state index in [-0.39, 0.29) is 0 Å². The average Bonchev–Trinajstić information content (AvgIpc) is 3.23. The molecule has 5 nitrogen and oxygen atoms in total. The van der Waals surface area contributed by atoms with Crippen LogP contribution in [-0.4, -0.2) is 24.5 Å². The number of thiazole rings is 1. The average molecular weight is 439 g/mol. The first-order valence-electron chi connectivity index (χ1n) is 10.1. The van der Waals surface area contributed by atoms with Crippen molar-refractivity contribution in [2.75, 3.05) is 13.7 Å². The number of aromatic nitrogens is 1. The number of hydrogen-bond acceptors (Lipinski definition) is 5. The molecule has 0 aliphatic carbocycles. The van der Waals surface area contributed by atoms with E-state index < -0.39 is 0 Å². The quantitative estimate of drug-likeness (QED) is 0.290. The monoisotopic (exact) mass is 438 g/mol. The van der Waals surface area contributed by atoms with Crippen LogP contribution in [0.5, 0.6) is 5.75 Å². The molecule has 4 aromatic rings. The van der Waals surface area contributed by atoms with Gasteiger partial charge in [0.2, 0.25) is 4.80 Å². The summed E-state index contributed by atoms with van der Waals surface area (Å²) in [5.74, 6) is 0.837. The van der Waals surface area contributed by atoms with Crippen LogP contribution in [0.15, 0.2) is 88.3 Å². The lowest BCUT2D eigenvalue weighted by atomic mass is 10.1. The molecule has 0 atom stereocenters. The molecule has 0 saturated heterocycles. The van der Waals surface area contributed by atoms with Crippen LogP contribution in [-0.2, 0) is 0 Å². The van der Waals surface area contributed by atoms with Gasteiger partial charge in [0.05, 0.1) is 37.2 Å². The summed E-state index contributed by atoms with van der Waals surface area (Å²) in [5, 5.41) is 18.0. The lowest BCUT2D eigenvalue weighted by Gasteiger charge is -2.07. The Morgan fingerprint density at radius 2 is 1.88 bits per heavy atom. The Hall–Kier alpha value is -3.95. The first-order chi connectivity index (χ1) is 15.6. The highest BCUT2D eigenvalue weighted by atomic mass is 32.1. The van der Waals surface area contributed by atoms with Gasteiger partial charge in [0.25, 0.3) is 0 Å². The molecule has 4 rings (SSSR count). The summed E-state index contributed by atoms with van der Waals surface area (Å²) in [6, 6.07) is 21.8. The van der Waals surface area contributed by atoms with E-state index in [2.05, 4.69) is 47.3 Å². The number of methoxy groups -OCH3 is 1. The number of hydrogen-bond donors (Lipinski definition) is 0. The fourth-order valence-electron chi connectivity index (χ4n) is 3.20. The zero-order valence-corrected chi connectivity index (χ0v) is 18.8. The molecule has 3 aromatic carbocycles. The van der Waals surface area contributed by atoms with Crippen LogP contribution in [0.3, 0.4) is 0 Å². The van der Waals surface area contributed by atoms with Gasteiger partial charge in [0, 0.05) is 10.9 Å². The number of nitrogens with zero attached hydrogens (tertiary/aromatic N) is 4. The third-order valence-corrected chi connectivity index (χ3v) is 5.73. The van der Waals surface area contributed by atoms with Crippen LogP contribution in [0.4, 0.5) is 0 Å². The van der Waals surface area contributed by atoms with Gasteiger partial charge in [-0.05, 0) is 53.6 Å². The summed E-state index contributed by atoms with van der Waals surface area (Å²) in [5.41, 5.74) is 4.52. The van der Waals surface area contributed by atoms with Crippen LogP contribution < -0.4 is 9.54 Å². The van der Waals surface area contributed by atoms with Gasteiger partial charge in [-0.3, -0.25) is 4.99 Å². The lowest BCUT2D eigenvalue weighted by Crippen LogP contribution is -2.13. The zero-order valence-electron chi connectivity index (χ0n) is 17.9. The molecule has 1 aromatic heterocycles. The summed E-state index contributed by atoms with van der Waals surface area (Å²) in [6.45, 7) is 6.45. The molecule has 0 N–H and O–H groups in total. The van der Waals surface area contributed by atoms with Crippen LogP contribution in [0.2, 0.25) is 0 Å². The van der Waals surface area contributed by atoms with Crippen molar-refractivity contribution in [2.24, 2.45) is 10.1 Å². The van der Waals surface area contributed by atoms with E-state index in [0.717, 1.165) is 43.7 Å².